The van der Waals surface area contributed by atoms with Crippen LogP contribution in [0.1, 0.15) is 71.6 Å². The van der Waals surface area contributed by atoms with Crippen molar-refractivity contribution >= 4 is 0 Å². The Labute approximate surface area is 136 Å². The smallest absolute Gasteiger partial charge is 0.0914 e. The Morgan fingerprint density at radius 1 is 0.864 bits per heavy atom. The molecule has 0 radical (unpaired) electrons. The highest BCUT2D eigenvalue weighted by molar-refractivity contribution is 5.09. The molecule has 8 atom stereocenters. The van der Waals surface area contributed by atoms with E-state index in [9.17, 15) is 5.11 Å². The molecule has 4 aliphatic carbocycles. The van der Waals surface area contributed by atoms with Crippen molar-refractivity contribution in [3.05, 3.63) is 0 Å². The van der Waals surface area contributed by atoms with Crippen LogP contribution in [0.5, 0.6) is 0 Å². The molecule has 0 bridgehead atoms. The van der Waals surface area contributed by atoms with E-state index in [0.29, 0.717) is 10.8 Å². The minimum Gasteiger partial charge on any atom is -0.393 e. The summed E-state index contributed by atoms with van der Waals surface area (Å²) in [4.78, 5) is 0. The first-order chi connectivity index (χ1) is 10.5. The summed E-state index contributed by atoms with van der Waals surface area (Å²) in [6.07, 6.45) is 12.1. The highest BCUT2D eigenvalue weighted by atomic mass is 16.3. The van der Waals surface area contributed by atoms with Crippen LogP contribution in [-0.2, 0) is 0 Å². The van der Waals surface area contributed by atoms with Gasteiger partial charge in [0.25, 0.3) is 0 Å². The van der Waals surface area contributed by atoms with Crippen molar-refractivity contribution in [2.24, 2.45) is 34.5 Å². The summed E-state index contributed by atoms with van der Waals surface area (Å²) >= 11 is 0. The van der Waals surface area contributed by atoms with E-state index in [2.05, 4.69) is 26.2 Å². The lowest BCUT2D eigenvalue weighted by atomic mass is 9.45. The van der Waals surface area contributed by atoms with Gasteiger partial charge in [0.2, 0.25) is 0 Å². The molecule has 0 heterocycles. The largest absolute Gasteiger partial charge is 0.393 e. The van der Waals surface area contributed by atoms with Gasteiger partial charge < -0.3 is 10.4 Å². The van der Waals surface area contributed by atoms with Gasteiger partial charge in [-0.3, -0.25) is 0 Å². The van der Waals surface area contributed by atoms with E-state index in [-0.39, 0.29) is 6.10 Å². The fourth-order valence-electron chi connectivity index (χ4n) is 7.82. The van der Waals surface area contributed by atoms with Crippen molar-refractivity contribution in [1.29, 1.82) is 0 Å². The van der Waals surface area contributed by atoms with E-state index in [1.54, 1.807) is 0 Å². The fraction of sp³-hybridized carbons (Fsp3) is 1.00. The van der Waals surface area contributed by atoms with Crippen molar-refractivity contribution in [2.75, 3.05) is 7.05 Å². The Kier molecular flexibility index (Phi) is 3.66. The van der Waals surface area contributed by atoms with Gasteiger partial charge in [0.05, 0.1) is 19.2 Å². The molecule has 126 valence electrons. The van der Waals surface area contributed by atoms with E-state index < -0.39 is 0 Å². The Bertz CT molecular complexity index is 437. The van der Waals surface area contributed by atoms with Gasteiger partial charge in [0.1, 0.15) is 0 Å². The van der Waals surface area contributed by atoms with Gasteiger partial charge in [0.15, 0.2) is 0 Å². The monoisotopic (exact) mass is 306 g/mol. The van der Waals surface area contributed by atoms with Crippen molar-refractivity contribution in [3.8, 4) is 0 Å². The van der Waals surface area contributed by atoms with Crippen LogP contribution in [0.15, 0.2) is 0 Å². The zero-order valence-corrected chi connectivity index (χ0v) is 14.9. The van der Waals surface area contributed by atoms with E-state index >= 15 is 0 Å². The lowest BCUT2D eigenvalue weighted by molar-refractivity contribution is -0.676. The van der Waals surface area contributed by atoms with Gasteiger partial charge in [-0.1, -0.05) is 13.8 Å². The molecule has 0 saturated heterocycles. The van der Waals surface area contributed by atoms with Crippen LogP contribution in [0.25, 0.3) is 0 Å². The third kappa shape index (κ3) is 1.99. The standard InChI is InChI=1S/C20H35NO/c1-19-10-8-14(22)12-13(19)4-5-15-16-6-7-18(21-3)20(16,2)11-9-17(15)19/h13-18,21-22H,4-12H2,1-3H3/p+1/t13-,14+,15+,16+,17+,18+,19-,20-/m0/s1. The summed E-state index contributed by atoms with van der Waals surface area (Å²) in [5.41, 5.74) is 1.14. The molecule has 2 heteroatoms. The fourth-order valence-corrected chi connectivity index (χ4v) is 7.82. The van der Waals surface area contributed by atoms with Crippen molar-refractivity contribution in [1.82, 2.24) is 0 Å². The van der Waals surface area contributed by atoms with Gasteiger partial charge in [0, 0.05) is 11.8 Å². The summed E-state index contributed by atoms with van der Waals surface area (Å²) in [6.45, 7) is 5.21. The molecule has 4 aliphatic rings. The molecular formula is C20H36NO+. The predicted molar refractivity (Wildman–Crippen MR) is 89.4 cm³/mol. The second kappa shape index (κ2) is 5.21. The first kappa shape index (κ1) is 15.4. The Morgan fingerprint density at radius 3 is 2.36 bits per heavy atom. The lowest BCUT2D eigenvalue weighted by Gasteiger charge is -2.60. The van der Waals surface area contributed by atoms with Gasteiger partial charge in [-0.2, -0.15) is 0 Å². The average molecular weight is 307 g/mol. The maximum absolute atomic E-state index is 10.1. The number of hydrogen-bond donors (Lipinski definition) is 2. The van der Waals surface area contributed by atoms with Crippen LogP contribution in [0.3, 0.4) is 0 Å². The molecule has 0 aromatic rings. The zero-order valence-electron chi connectivity index (χ0n) is 14.9. The summed E-state index contributed by atoms with van der Waals surface area (Å²) in [5, 5.41) is 12.6. The quantitative estimate of drug-likeness (QED) is 0.768. The molecule has 22 heavy (non-hydrogen) atoms. The summed E-state index contributed by atoms with van der Waals surface area (Å²) in [6, 6.07) is 0.872. The second-order valence-corrected chi connectivity index (χ2v) is 9.65. The number of quaternary nitrogens is 1. The van der Waals surface area contributed by atoms with Crippen LogP contribution >= 0.6 is 0 Å². The molecule has 3 N–H and O–H groups in total. The Hall–Kier alpha value is -0.0800. The van der Waals surface area contributed by atoms with E-state index in [0.717, 1.165) is 42.6 Å². The third-order valence-corrected chi connectivity index (χ3v) is 9.11. The van der Waals surface area contributed by atoms with Crippen molar-refractivity contribution in [3.63, 3.8) is 0 Å². The highest BCUT2D eigenvalue weighted by Crippen LogP contribution is 2.65. The van der Waals surface area contributed by atoms with Crippen LogP contribution in [0.4, 0.5) is 0 Å². The van der Waals surface area contributed by atoms with Crippen molar-refractivity contribution in [2.45, 2.75) is 83.8 Å². The van der Waals surface area contributed by atoms with E-state index in [1.807, 2.05) is 0 Å². The number of fused-ring (bicyclic) bond motifs is 5. The third-order valence-electron chi connectivity index (χ3n) is 9.11. The highest BCUT2D eigenvalue weighted by Gasteiger charge is 2.60. The summed E-state index contributed by atoms with van der Waals surface area (Å²) in [5.74, 6) is 3.72. The molecule has 0 aliphatic heterocycles. The summed E-state index contributed by atoms with van der Waals surface area (Å²) in [7, 11) is 2.30. The number of rotatable bonds is 1. The Morgan fingerprint density at radius 2 is 1.59 bits per heavy atom. The van der Waals surface area contributed by atoms with E-state index in [4.69, 9.17) is 0 Å². The topological polar surface area (TPSA) is 36.8 Å². The number of aliphatic hydroxyl groups excluding tert-OH is 1. The number of hydrogen-bond acceptors (Lipinski definition) is 1. The molecule has 4 saturated carbocycles. The molecule has 2 nitrogen and oxygen atoms in total. The molecule has 0 aromatic heterocycles. The number of nitrogens with two attached hydrogens (primary N) is 1. The second-order valence-electron chi connectivity index (χ2n) is 9.65. The SMILES string of the molecule is C[NH2+][C@@H]1CC[C@@H]2[C@H]3CC[C@H]4C[C@H](O)CC[C@]4(C)[C@@H]3CC[C@@]21C. The first-order valence-electron chi connectivity index (χ1n) is 9.96. The molecular weight excluding hydrogens is 270 g/mol. The van der Waals surface area contributed by atoms with E-state index in [1.165, 1.54) is 44.9 Å². The van der Waals surface area contributed by atoms with Gasteiger partial charge in [-0.05, 0) is 80.5 Å². The predicted octanol–water partition coefficient (Wildman–Crippen LogP) is 2.95. The van der Waals surface area contributed by atoms with Crippen LogP contribution in [-0.4, -0.2) is 24.3 Å². The first-order valence-corrected chi connectivity index (χ1v) is 9.96. The maximum atomic E-state index is 10.1. The molecule has 4 fully saturated rings. The van der Waals surface area contributed by atoms with Gasteiger partial charge in [-0.15, -0.1) is 0 Å². The molecule has 0 spiro atoms. The normalized spacial score (nSPS) is 57.8. The minimum atomic E-state index is -0.00552. The molecule has 0 unspecified atom stereocenters. The van der Waals surface area contributed by atoms with Gasteiger partial charge >= 0.3 is 0 Å². The summed E-state index contributed by atoms with van der Waals surface area (Å²) < 4.78 is 0. The zero-order chi connectivity index (χ0) is 15.5. The lowest BCUT2D eigenvalue weighted by Crippen LogP contribution is -2.89. The maximum Gasteiger partial charge on any atom is 0.0914 e. The van der Waals surface area contributed by atoms with Crippen LogP contribution in [0.2, 0.25) is 0 Å². The molecule has 0 aromatic carbocycles. The van der Waals surface area contributed by atoms with Crippen LogP contribution in [0, 0.1) is 34.5 Å². The molecule has 0 amide bonds. The Balaban J connectivity index is 1.61. The average Bonchev–Trinajstić information content (AvgIpc) is 2.84. The van der Waals surface area contributed by atoms with Crippen molar-refractivity contribution < 1.29 is 10.4 Å². The molecule has 4 rings (SSSR count). The minimum absolute atomic E-state index is 0.00552. The van der Waals surface area contributed by atoms with Crippen LogP contribution < -0.4 is 5.32 Å². The van der Waals surface area contributed by atoms with Gasteiger partial charge in [-0.25, -0.2) is 0 Å². The number of aliphatic hydroxyl groups is 1.